The monoisotopic (exact) mass is 245 g/mol. The summed E-state index contributed by atoms with van der Waals surface area (Å²) in [5.74, 6) is 0. The third-order valence-electron chi connectivity index (χ3n) is 3.43. The summed E-state index contributed by atoms with van der Waals surface area (Å²) in [6.45, 7) is 9.36. The molecule has 18 heavy (non-hydrogen) atoms. The fraction of sp³-hybridized carbons (Fsp3) is 0.529. The van der Waals surface area contributed by atoms with Crippen LogP contribution in [0.3, 0.4) is 0 Å². The lowest BCUT2D eigenvalue weighted by atomic mass is 9.98. The van der Waals surface area contributed by atoms with Gasteiger partial charge in [-0.1, -0.05) is 37.3 Å². The minimum Gasteiger partial charge on any atom is -0.314 e. The summed E-state index contributed by atoms with van der Waals surface area (Å²) in [7, 11) is 0. The van der Waals surface area contributed by atoms with Crippen LogP contribution in [0.2, 0.25) is 0 Å². The lowest BCUT2D eigenvalue weighted by Crippen LogP contribution is -2.30. The van der Waals surface area contributed by atoms with Gasteiger partial charge in [-0.05, 0) is 56.7 Å². The standard InChI is InChI=1S/C17H27N/c1-4-6-11-17(18-14-5-2)13-12-16-10-8-7-9-15(16)3/h4,7-10,17-18H,1,5-6,11-14H2,2-3H3. The van der Waals surface area contributed by atoms with E-state index in [1.54, 1.807) is 0 Å². The zero-order chi connectivity index (χ0) is 13.2. The summed E-state index contributed by atoms with van der Waals surface area (Å²) in [5.41, 5.74) is 2.90. The van der Waals surface area contributed by atoms with Crippen molar-refractivity contribution in [3.05, 3.63) is 48.0 Å². The molecular formula is C17H27N. The number of hydrogen-bond acceptors (Lipinski definition) is 1. The first-order valence-electron chi connectivity index (χ1n) is 7.16. The average molecular weight is 245 g/mol. The Balaban J connectivity index is 2.44. The molecule has 1 aromatic rings. The van der Waals surface area contributed by atoms with Crippen molar-refractivity contribution in [2.45, 2.75) is 52.0 Å². The first-order valence-corrected chi connectivity index (χ1v) is 7.16. The first-order chi connectivity index (χ1) is 8.77. The molecule has 1 atom stereocenters. The summed E-state index contributed by atoms with van der Waals surface area (Å²) in [5, 5.41) is 3.65. The van der Waals surface area contributed by atoms with Gasteiger partial charge >= 0.3 is 0 Å². The van der Waals surface area contributed by atoms with Gasteiger partial charge in [0.25, 0.3) is 0 Å². The number of nitrogens with one attached hydrogen (secondary N) is 1. The fourth-order valence-electron chi connectivity index (χ4n) is 2.24. The SMILES string of the molecule is C=CCCC(CCc1ccccc1C)NCCC. The minimum absolute atomic E-state index is 0.627. The second kappa shape index (κ2) is 8.93. The van der Waals surface area contributed by atoms with Crippen molar-refractivity contribution in [3.63, 3.8) is 0 Å². The van der Waals surface area contributed by atoms with E-state index >= 15 is 0 Å². The van der Waals surface area contributed by atoms with Gasteiger partial charge in [0.2, 0.25) is 0 Å². The molecule has 0 saturated carbocycles. The molecule has 1 rings (SSSR count). The van der Waals surface area contributed by atoms with E-state index in [0.717, 1.165) is 13.0 Å². The second-order valence-corrected chi connectivity index (χ2v) is 4.98. The zero-order valence-corrected chi connectivity index (χ0v) is 11.9. The van der Waals surface area contributed by atoms with Gasteiger partial charge in [0.1, 0.15) is 0 Å². The lowest BCUT2D eigenvalue weighted by molar-refractivity contribution is 0.455. The zero-order valence-electron chi connectivity index (χ0n) is 11.9. The van der Waals surface area contributed by atoms with Crippen molar-refractivity contribution < 1.29 is 0 Å². The topological polar surface area (TPSA) is 12.0 Å². The molecule has 1 nitrogen and oxygen atoms in total. The summed E-state index contributed by atoms with van der Waals surface area (Å²) in [4.78, 5) is 0. The van der Waals surface area contributed by atoms with Crippen molar-refractivity contribution in [1.29, 1.82) is 0 Å². The van der Waals surface area contributed by atoms with E-state index in [2.05, 4.69) is 50.0 Å². The smallest absolute Gasteiger partial charge is 0.00731 e. The maximum Gasteiger partial charge on any atom is 0.00731 e. The highest BCUT2D eigenvalue weighted by molar-refractivity contribution is 5.25. The summed E-state index contributed by atoms with van der Waals surface area (Å²) in [6.07, 6.45) is 7.93. The third kappa shape index (κ3) is 5.50. The third-order valence-corrected chi connectivity index (χ3v) is 3.43. The molecule has 1 aromatic carbocycles. The van der Waals surface area contributed by atoms with Gasteiger partial charge in [0.15, 0.2) is 0 Å². The maximum atomic E-state index is 3.82. The number of allylic oxidation sites excluding steroid dienone is 1. The molecule has 1 heteroatoms. The van der Waals surface area contributed by atoms with Gasteiger partial charge in [-0.2, -0.15) is 0 Å². The Morgan fingerprint density at radius 1 is 1.28 bits per heavy atom. The van der Waals surface area contributed by atoms with Crippen LogP contribution in [0.1, 0.15) is 43.7 Å². The molecule has 0 aliphatic heterocycles. The highest BCUT2D eigenvalue weighted by atomic mass is 14.9. The highest BCUT2D eigenvalue weighted by Gasteiger charge is 2.07. The Bertz CT molecular complexity index is 343. The summed E-state index contributed by atoms with van der Waals surface area (Å²) >= 11 is 0. The fourth-order valence-corrected chi connectivity index (χ4v) is 2.24. The van der Waals surface area contributed by atoms with Crippen LogP contribution in [0, 0.1) is 6.92 Å². The van der Waals surface area contributed by atoms with Crippen LogP contribution in [0.25, 0.3) is 0 Å². The van der Waals surface area contributed by atoms with Crippen LogP contribution in [0.5, 0.6) is 0 Å². The van der Waals surface area contributed by atoms with E-state index in [0.29, 0.717) is 6.04 Å². The number of benzene rings is 1. The lowest BCUT2D eigenvalue weighted by Gasteiger charge is -2.18. The van der Waals surface area contributed by atoms with Crippen LogP contribution in [0.4, 0.5) is 0 Å². The average Bonchev–Trinajstić information content (AvgIpc) is 2.39. The largest absolute Gasteiger partial charge is 0.314 e. The molecule has 0 aromatic heterocycles. The van der Waals surface area contributed by atoms with Crippen LogP contribution in [-0.2, 0) is 6.42 Å². The van der Waals surface area contributed by atoms with Crippen LogP contribution in [0.15, 0.2) is 36.9 Å². The molecule has 0 aliphatic carbocycles. The van der Waals surface area contributed by atoms with E-state index < -0.39 is 0 Å². The Morgan fingerprint density at radius 3 is 2.72 bits per heavy atom. The number of hydrogen-bond donors (Lipinski definition) is 1. The number of aryl methyl sites for hydroxylation is 2. The molecule has 0 bridgehead atoms. The van der Waals surface area contributed by atoms with E-state index in [1.165, 1.54) is 36.8 Å². The predicted molar refractivity (Wildman–Crippen MR) is 81.0 cm³/mol. The van der Waals surface area contributed by atoms with Gasteiger partial charge in [-0.25, -0.2) is 0 Å². The summed E-state index contributed by atoms with van der Waals surface area (Å²) < 4.78 is 0. The summed E-state index contributed by atoms with van der Waals surface area (Å²) in [6, 6.07) is 9.33. The molecule has 0 spiro atoms. The predicted octanol–water partition coefficient (Wildman–Crippen LogP) is 4.26. The molecule has 0 aliphatic rings. The van der Waals surface area contributed by atoms with Crippen LogP contribution < -0.4 is 5.32 Å². The van der Waals surface area contributed by atoms with Gasteiger partial charge < -0.3 is 5.32 Å². The molecular weight excluding hydrogens is 218 g/mol. The molecule has 0 radical (unpaired) electrons. The van der Waals surface area contributed by atoms with Crippen LogP contribution in [-0.4, -0.2) is 12.6 Å². The number of rotatable bonds is 9. The molecule has 1 unspecified atom stereocenters. The molecule has 0 amide bonds. The molecule has 1 N–H and O–H groups in total. The van der Waals surface area contributed by atoms with E-state index in [9.17, 15) is 0 Å². The van der Waals surface area contributed by atoms with E-state index in [1.807, 2.05) is 6.08 Å². The molecule has 0 saturated heterocycles. The van der Waals surface area contributed by atoms with Crippen molar-refractivity contribution in [2.24, 2.45) is 0 Å². The van der Waals surface area contributed by atoms with Gasteiger partial charge in [0, 0.05) is 6.04 Å². The van der Waals surface area contributed by atoms with Gasteiger partial charge in [-0.3, -0.25) is 0 Å². The molecule has 100 valence electrons. The van der Waals surface area contributed by atoms with Crippen molar-refractivity contribution >= 4 is 0 Å². The van der Waals surface area contributed by atoms with Crippen molar-refractivity contribution in [1.82, 2.24) is 5.32 Å². The second-order valence-electron chi connectivity index (χ2n) is 4.98. The van der Waals surface area contributed by atoms with Crippen molar-refractivity contribution in [2.75, 3.05) is 6.54 Å². The van der Waals surface area contributed by atoms with Crippen molar-refractivity contribution in [3.8, 4) is 0 Å². The Morgan fingerprint density at radius 2 is 2.06 bits per heavy atom. The first kappa shape index (κ1) is 15.0. The molecule has 0 heterocycles. The van der Waals surface area contributed by atoms with Gasteiger partial charge in [-0.15, -0.1) is 6.58 Å². The highest BCUT2D eigenvalue weighted by Crippen LogP contribution is 2.13. The Labute approximate surface area is 112 Å². The van der Waals surface area contributed by atoms with Crippen LogP contribution >= 0.6 is 0 Å². The minimum atomic E-state index is 0.627. The van der Waals surface area contributed by atoms with E-state index in [-0.39, 0.29) is 0 Å². The quantitative estimate of drug-likeness (QED) is 0.641. The Hall–Kier alpha value is -1.08. The van der Waals surface area contributed by atoms with E-state index in [4.69, 9.17) is 0 Å². The Kier molecular flexibility index (Phi) is 7.43. The van der Waals surface area contributed by atoms with Gasteiger partial charge in [0.05, 0.1) is 0 Å². The normalized spacial score (nSPS) is 12.3. The maximum absolute atomic E-state index is 3.82. The molecule has 0 fully saturated rings.